The first-order chi connectivity index (χ1) is 13.2. The first kappa shape index (κ1) is 22.2. The summed E-state index contributed by atoms with van der Waals surface area (Å²) >= 11 is 0. The van der Waals surface area contributed by atoms with Crippen LogP contribution in [-0.2, 0) is 16.1 Å². The molecule has 1 aliphatic heterocycles. The number of carbonyl (C=O) groups is 2. The Morgan fingerprint density at radius 1 is 1.21 bits per heavy atom. The van der Waals surface area contributed by atoms with Gasteiger partial charge in [-0.25, -0.2) is 4.79 Å². The van der Waals surface area contributed by atoms with E-state index in [-0.39, 0.29) is 23.9 Å². The van der Waals surface area contributed by atoms with E-state index < -0.39 is 11.7 Å². The van der Waals surface area contributed by atoms with E-state index in [1.807, 2.05) is 51.1 Å². The minimum absolute atomic E-state index is 0.0566. The summed E-state index contributed by atoms with van der Waals surface area (Å²) in [5, 5.41) is 6.04. The van der Waals surface area contributed by atoms with Gasteiger partial charge in [0, 0.05) is 19.1 Å². The molecule has 0 saturated carbocycles. The van der Waals surface area contributed by atoms with E-state index in [1.54, 1.807) is 0 Å². The van der Waals surface area contributed by atoms with Gasteiger partial charge in [-0.15, -0.1) is 0 Å². The Bertz CT molecular complexity index is 640. The van der Waals surface area contributed by atoms with Crippen molar-refractivity contribution in [3.05, 3.63) is 35.9 Å². The highest BCUT2D eigenvalue weighted by molar-refractivity contribution is 5.82. The number of hydrogen-bond donors (Lipinski definition) is 2. The van der Waals surface area contributed by atoms with Crippen molar-refractivity contribution in [1.29, 1.82) is 0 Å². The lowest BCUT2D eigenvalue weighted by Gasteiger charge is -2.31. The number of amides is 2. The molecule has 0 aromatic heterocycles. The maximum Gasteiger partial charge on any atom is 0.407 e. The highest BCUT2D eigenvalue weighted by Crippen LogP contribution is 2.20. The largest absolute Gasteiger partial charge is 0.444 e. The molecule has 1 saturated heterocycles. The topological polar surface area (TPSA) is 70.7 Å². The normalized spacial score (nSPS) is 18.7. The van der Waals surface area contributed by atoms with Crippen molar-refractivity contribution in [2.75, 3.05) is 13.1 Å². The van der Waals surface area contributed by atoms with Gasteiger partial charge in [0.15, 0.2) is 0 Å². The number of carbonyl (C=O) groups excluding carboxylic acids is 2. The Morgan fingerprint density at radius 3 is 2.50 bits per heavy atom. The molecule has 0 unspecified atom stereocenters. The summed E-state index contributed by atoms with van der Waals surface area (Å²) in [5.74, 6) is 0.294. The van der Waals surface area contributed by atoms with E-state index in [4.69, 9.17) is 4.74 Å². The third kappa shape index (κ3) is 7.15. The minimum Gasteiger partial charge on any atom is -0.444 e. The second-order valence-electron chi connectivity index (χ2n) is 8.85. The van der Waals surface area contributed by atoms with Gasteiger partial charge in [0.05, 0.1) is 6.04 Å². The second kappa shape index (κ2) is 9.92. The van der Waals surface area contributed by atoms with E-state index in [0.717, 1.165) is 24.9 Å². The Labute approximate surface area is 169 Å². The second-order valence-corrected chi connectivity index (χ2v) is 8.85. The zero-order valence-electron chi connectivity index (χ0n) is 17.8. The third-order valence-corrected chi connectivity index (χ3v) is 4.91. The highest BCUT2D eigenvalue weighted by atomic mass is 16.6. The standard InChI is InChI=1S/C22H35N3O3/c1-16(2)18(24-21(27)28-22(3,4)5)15-25-13-9-12-19(25)20(26)23-14-17-10-7-6-8-11-17/h6-8,10-11,16,18-19H,9,12-15H2,1-5H3,(H,23,26)(H,24,27)/t18-,19+/m1/s1. The summed E-state index contributed by atoms with van der Waals surface area (Å²) in [6.45, 7) is 11.7. The van der Waals surface area contributed by atoms with Crippen LogP contribution in [0.25, 0.3) is 0 Å². The molecule has 1 aromatic carbocycles. The molecule has 2 rings (SSSR count). The van der Waals surface area contributed by atoms with Crippen LogP contribution in [0.3, 0.4) is 0 Å². The molecule has 2 amide bonds. The molecule has 1 fully saturated rings. The van der Waals surface area contributed by atoms with Crippen LogP contribution in [-0.4, -0.2) is 47.7 Å². The Hall–Kier alpha value is -2.08. The molecule has 6 heteroatoms. The molecule has 0 aliphatic carbocycles. The predicted molar refractivity (Wildman–Crippen MR) is 111 cm³/mol. The van der Waals surface area contributed by atoms with Crippen LogP contribution in [0.4, 0.5) is 4.79 Å². The first-order valence-electron chi connectivity index (χ1n) is 10.2. The van der Waals surface area contributed by atoms with Crippen LogP contribution in [0.2, 0.25) is 0 Å². The Morgan fingerprint density at radius 2 is 1.89 bits per heavy atom. The summed E-state index contributed by atoms with van der Waals surface area (Å²) in [4.78, 5) is 27.1. The Balaban J connectivity index is 1.92. The summed E-state index contributed by atoms with van der Waals surface area (Å²) in [6, 6.07) is 9.70. The number of benzene rings is 1. The number of nitrogens with one attached hydrogen (secondary N) is 2. The van der Waals surface area contributed by atoms with Gasteiger partial charge in [-0.2, -0.15) is 0 Å². The van der Waals surface area contributed by atoms with E-state index >= 15 is 0 Å². The quantitative estimate of drug-likeness (QED) is 0.751. The number of hydrogen-bond acceptors (Lipinski definition) is 4. The summed E-state index contributed by atoms with van der Waals surface area (Å²) in [6.07, 6.45) is 1.42. The number of likely N-dealkylation sites (tertiary alicyclic amines) is 1. The SMILES string of the molecule is CC(C)[C@@H](CN1CCC[C@H]1C(=O)NCc1ccccc1)NC(=O)OC(C)(C)C. The van der Waals surface area contributed by atoms with Crippen LogP contribution in [0.15, 0.2) is 30.3 Å². The van der Waals surface area contributed by atoms with Crippen molar-refractivity contribution in [2.24, 2.45) is 5.92 Å². The maximum atomic E-state index is 12.7. The van der Waals surface area contributed by atoms with Gasteiger partial charge in [-0.3, -0.25) is 9.69 Å². The molecule has 0 bridgehead atoms. The monoisotopic (exact) mass is 389 g/mol. The first-order valence-corrected chi connectivity index (χ1v) is 10.2. The molecule has 2 N–H and O–H groups in total. The molecule has 0 radical (unpaired) electrons. The maximum absolute atomic E-state index is 12.7. The molecule has 2 atom stereocenters. The molecular weight excluding hydrogens is 354 g/mol. The predicted octanol–water partition coefficient (Wildman–Crippen LogP) is 3.32. The zero-order chi connectivity index (χ0) is 20.7. The van der Waals surface area contributed by atoms with Crippen molar-refractivity contribution in [2.45, 2.75) is 71.7 Å². The van der Waals surface area contributed by atoms with E-state index in [9.17, 15) is 9.59 Å². The van der Waals surface area contributed by atoms with Crippen molar-refractivity contribution in [1.82, 2.24) is 15.5 Å². The number of ether oxygens (including phenoxy) is 1. The lowest BCUT2D eigenvalue weighted by Crippen LogP contribution is -2.51. The third-order valence-electron chi connectivity index (χ3n) is 4.91. The van der Waals surface area contributed by atoms with Crippen molar-refractivity contribution in [3.63, 3.8) is 0 Å². The Kier molecular flexibility index (Phi) is 7.87. The molecule has 1 aliphatic rings. The number of alkyl carbamates (subject to hydrolysis) is 1. The van der Waals surface area contributed by atoms with Gasteiger partial charge in [-0.1, -0.05) is 44.2 Å². The number of nitrogens with zero attached hydrogens (tertiary/aromatic N) is 1. The average Bonchev–Trinajstić information content (AvgIpc) is 3.06. The van der Waals surface area contributed by atoms with Crippen LogP contribution in [0.5, 0.6) is 0 Å². The molecule has 156 valence electrons. The molecule has 6 nitrogen and oxygen atoms in total. The van der Waals surface area contributed by atoms with Gasteiger partial charge < -0.3 is 15.4 Å². The van der Waals surface area contributed by atoms with E-state index in [1.165, 1.54) is 0 Å². The smallest absolute Gasteiger partial charge is 0.407 e. The molecular formula is C22H35N3O3. The van der Waals surface area contributed by atoms with E-state index in [0.29, 0.717) is 13.1 Å². The lowest BCUT2D eigenvalue weighted by atomic mass is 10.0. The van der Waals surface area contributed by atoms with Crippen LogP contribution in [0, 0.1) is 5.92 Å². The minimum atomic E-state index is -0.529. The van der Waals surface area contributed by atoms with E-state index in [2.05, 4.69) is 29.4 Å². The van der Waals surface area contributed by atoms with Crippen molar-refractivity contribution < 1.29 is 14.3 Å². The van der Waals surface area contributed by atoms with Gasteiger partial charge in [0.1, 0.15) is 5.60 Å². The summed E-state index contributed by atoms with van der Waals surface area (Å²) in [7, 11) is 0. The van der Waals surface area contributed by atoms with Crippen LogP contribution >= 0.6 is 0 Å². The van der Waals surface area contributed by atoms with Crippen molar-refractivity contribution >= 4 is 12.0 Å². The lowest BCUT2D eigenvalue weighted by molar-refractivity contribution is -0.125. The van der Waals surface area contributed by atoms with Gasteiger partial charge >= 0.3 is 6.09 Å². The van der Waals surface area contributed by atoms with Gasteiger partial charge in [0.25, 0.3) is 0 Å². The van der Waals surface area contributed by atoms with Crippen molar-refractivity contribution in [3.8, 4) is 0 Å². The fourth-order valence-corrected chi connectivity index (χ4v) is 3.38. The zero-order valence-corrected chi connectivity index (χ0v) is 17.8. The van der Waals surface area contributed by atoms with Gasteiger partial charge in [-0.05, 0) is 51.6 Å². The summed E-state index contributed by atoms with van der Waals surface area (Å²) < 4.78 is 5.40. The average molecular weight is 390 g/mol. The van der Waals surface area contributed by atoms with Gasteiger partial charge in [0.2, 0.25) is 5.91 Å². The fraction of sp³-hybridized carbons (Fsp3) is 0.636. The fourth-order valence-electron chi connectivity index (χ4n) is 3.38. The van der Waals surface area contributed by atoms with Crippen LogP contribution in [0.1, 0.15) is 53.0 Å². The number of rotatable bonds is 7. The molecule has 28 heavy (non-hydrogen) atoms. The summed E-state index contributed by atoms with van der Waals surface area (Å²) in [5.41, 5.74) is 0.561. The molecule has 1 aromatic rings. The van der Waals surface area contributed by atoms with Crippen LogP contribution < -0.4 is 10.6 Å². The molecule has 0 spiro atoms. The highest BCUT2D eigenvalue weighted by Gasteiger charge is 2.33. The molecule has 1 heterocycles.